The van der Waals surface area contributed by atoms with Crippen LogP contribution in [-0.4, -0.2) is 18.7 Å². The van der Waals surface area contributed by atoms with Gasteiger partial charge in [-0.15, -0.1) is 12.4 Å². The van der Waals surface area contributed by atoms with Crippen LogP contribution in [0.2, 0.25) is 0 Å². The van der Waals surface area contributed by atoms with Crippen molar-refractivity contribution >= 4 is 18.3 Å². The molecule has 1 heterocycles. The highest BCUT2D eigenvalue weighted by atomic mass is 35.5. The summed E-state index contributed by atoms with van der Waals surface area (Å²) in [5.41, 5.74) is 7.30. The highest BCUT2D eigenvalue weighted by Gasteiger charge is 2.26. The van der Waals surface area contributed by atoms with Crippen molar-refractivity contribution in [2.75, 3.05) is 6.79 Å². The predicted octanol–water partition coefficient (Wildman–Crippen LogP) is 2.25. The lowest BCUT2D eigenvalue weighted by Gasteiger charge is -2.21. The predicted molar refractivity (Wildman–Crippen MR) is 85.7 cm³/mol. The SMILES string of the molecule is Cl.N[C@@H]1CCC[C@H]1CC(=O)NCc1cc(F)cc2c1OCOC2. The highest BCUT2D eigenvalue weighted by molar-refractivity contribution is 5.85. The number of halogens is 2. The van der Waals surface area contributed by atoms with E-state index in [1.165, 1.54) is 12.1 Å². The van der Waals surface area contributed by atoms with Crippen molar-refractivity contribution in [1.82, 2.24) is 5.32 Å². The second-order valence-corrected chi connectivity index (χ2v) is 6.00. The van der Waals surface area contributed by atoms with Crippen LogP contribution in [0.15, 0.2) is 12.1 Å². The van der Waals surface area contributed by atoms with Crippen LogP contribution < -0.4 is 15.8 Å². The molecule has 0 saturated heterocycles. The number of amides is 1. The molecule has 128 valence electrons. The topological polar surface area (TPSA) is 73.6 Å². The molecule has 0 spiro atoms. The van der Waals surface area contributed by atoms with Gasteiger partial charge in [0.15, 0.2) is 6.79 Å². The Morgan fingerprint density at radius 3 is 2.96 bits per heavy atom. The summed E-state index contributed by atoms with van der Waals surface area (Å²) in [6.07, 6.45) is 3.51. The number of benzene rings is 1. The Morgan fingerprint density at radius 2 is 2.22 bits per heavy atom. The van der Waals surface area contributed by atoms with Crippen molar-refractivity contribution in [2.45, 2.75) is 44.9 Å². The monoisotopic (exact) mass is 344 g/mol. The number of fused-ring (bicyclic) bond motifs is 1. The van der Waals surface area contributed by atoms with Crippen LogP contribution in [0.1, 0.15) is 36.8 Å². The summed E-state index contributed by atoms with van der Waals surface area (Å²) in [4.78, 5) is 12.0. The third kappa shape index (κ3) is 4.34. The standard InChI is InChI=1S/C16H21FN2O3.ClH/c17-13-4-11(16-12(5-13)8-21-9-22-16)7-19-15(20)6-10-2-1-3-14(10)18;/h4-5,10,14H,1-3,6-9,18H2,(H,19,20);1H/t10-,14+;/m0./s1. The highest BCUT2D eigenvalue weighted by Crippen LogP contribution is 2.30. The number of rotatable bonds is 4. The second-order valence-electron chi connectivity index (χ2n) is 6.00. The molecule has 1 aliphatic heterocycles. The summed E-state index contributed by atoms with van der Waals surface area (Å²) in [5, 5.41) is 2.84. The summed E-state index contributed by atoms with van der Waals surface area (Å²) in [6, 6.07) is 2.91. The van der Waals surface area contributed by atoms with E-state index in [-0.39, 0.29) is 49.4 Å². The fourth-order valence-corrected chi connectivity index (χ4v) is 3.21. The molecule has 7 heteroatoms. The molecule has 0 aromatic heterocycles. The van der Waals surface area contributed by atoms with Crippen LogP contribution in [-0.2, 0) is 22.7 Å². The lowest BCUT2D eigenvalue weighted by Crippen LogP contribution is -2.31. The molecule has 1 aliphatic carbocycles. The van der Waals surface area contributed by atoms with Crippen LogP contribution in [0.25, 0.3) is 0 Å². The fourth-order valence-electron chi connectivity index (χ4n) is 3.21. The van der Waals surface area contributed by atoms with Crippen molar-refractivity contribution in [2.24, 2.45) is 11.7 Å². The van der Waals surface area contributed by atoms with Gasteiger partial charge in [0.2, 0.25) is 5.91 Å². The minimum atomic E-state index is -0.352. The molecule has 3 rings (SSSR count). The third-order valence-electron chi connectivity index (χ3n) is 4.39. The Bertz CT molecular complexity index is 571. The van der Waals surface area contributed by atoms with E-state index >= 15 is 0 Å². The molecule has 1 saturated carbocycles. The number of nitrogens with one attached hydrogen (secondary N) is 1. The van der Waals surface area contributed by atoms with E-state index in [9.17, 15) is 9.18 Å². The largest absolute Gasteiger partial charge is 0.467 e. The lowest BCUT2D eigenvalue weighted by molar-refractivity contribution is -0.122. The quantitative estimate of drug-likeness (QED) is 0.878. The van der Waals surface area contributed by atoms with Gasteiger partial charge < -0.3 is 20.5 Å². The number of carbonyl (C=O) groups is 1. The van der Waals surface area contributed by atoms with E-state index in [1.807, 2.05) is 0 Å². The smallest absolute Gasteiger partial charge is 0.220 e. The van der Waals surface area contributed by atoms with Crippen LogP contribution in [0.3, 0.4) is 0 Å². The summed E-state index contributed by atoms with van der Waals surface area (Å²) in [7, 11) is 0. The molecule has 2 atom stereocenters. The molecule has 3 N–H and O–H groups in total. The first-order valence-electron chi connectivity index (χ1n) is 7.67. The molecule has 23 heavy (non-hydrogen) atoms. The van der Waals surface area contributed by atoms with Gasteiger partial charge >= 0.3 is 0 Å². The van der Waals surface area contributed by atoms with Gasteiger partial charge in [-0.05, 0) is 30.9 Å². The fraction of sp³-hybridized carbons (Fsp3) is 0.562. The van der Waals surface area contributed by atoms with E-state index < -0.39 is 0 Å². The van der Waals surface area contributed by atoms with Gasteiger partial charge in [-0.25, -0.2) is 4.39 Å². The summed E-state index contributed by atoms with van der Waals surface area (Å²) >= 11 is 0. The van der Waals surface area contributed by atoms with Crippen molar-refractivity contribution in [3.05, 3.63) is 29.1 Å². The van der Waals surface area contributed by atoms with E-state index in [0.717, 1.165) is 19.3 Å². The van der Waals surface area contributed by atoms with Crippen LogP contribution in [0.4, 0.5) is 4.39 Å². The molecule has 5 nitrogen and oxygen atoms in total. The number of hydrogen-bond donors (Lipinski definition) is 2. The van der Waals surface area contributed by atoms with E-state index in [4.69, 9.17) is 15.2 Å². The third-order valence-corrected chi connectivity index (χ3v) is 4.39. The van der Waals surface area contributed by atoms with Gasteiger partial charge in [0.05, 0.1) is 6.61 Å². The number of hydrogen-bond acceptors (Lipinski definition) is 4. The van der Waals surface area contributed by atoms with Gasteiger partial charge in [0, 0.05) is 30.1 Å². The molecule has 1 aromatic carbocycles. The average molecular weight is 345 g/mol. The minimum absolute atomic E-state index is 0. The molecular weight excluding hydrogens is 323 g/mol. The molecular formula is C16H22ClFN2O3. The van der Waals surface area contributed by atoms with E-state index in [2.05, 4.69) is 5.32 Å². The Labute approximate surface area is 141 Å². The van der Waals surface area contributed by atoms with Gasteiger partial charge in [-0.2, -0.15) is 0 Å². The number of ether oxygens (including phenoxy) is 2. The van der Waals surface area contributed by atoms with Gasteiger partial charge in [-0.3, -0.25) is 4.79 Å². The zero-order valence-corrected chi connectivity index (χ0v) is 13.7. The zero-order chi connectivity index (χ0) is 15.5. The maximum Gasteiger partial charge on any atom is 0.220 e. The molecule has 0 unspecified atom stereocenters. The maximum absolute atomic E-state index is 13.6. The van der Waals surface area contributed by atoms with Crippen molar-refractivity contribution < 1.29 is 18.7 Å². The van der Waals surface area contributed by atoms with Crippen molar-refractivity contribution in [3.63, 3.8) is 0 Å². The molecule has 1 fully saturated rings. The second kappa shape index (κ2) is 7.95. The number of carbonyl (C=O) groups excluding carboxylic acids is 1. The summed E-state index contributed by atoms with van der Waals surface area (Å²) in [5.74, 6) is 0.471. The molecule has 0 radical (unpaired) electrons. The van der Waals surface area contributed by atoms with Crippen molar-refractivity contribution in [3.8, 4) is 5.75 Å². The Kier molecular flexibility index (Phi) is 6.21. The normalized spacial score (nSPS) is 22.7. The Hall–Kier alpha value is -1.37. The maximum atomic E-state index is 13.6. The average Bonchev–Trinajstić information content (AvgIpc) is 2.90. The Balaban J connectivity index is 0.00000192. The van der Waals surface area contributed by atoms with Crippen LogP contribution in [0, 0.1) is 11.7 Å². The molecule has 1 amide bonds. The van der Waals surface area contributed by atoms with Crippen LogP contribution in [0.5, 0.6) is 5.75 Å². The van der Waals surface area contributed by atoms with Crippen LogP contribution >= 0.6 is 12.4 Å². The van der Waals surface area contributed by atoms with E-state index in [1.54, 1.807) is 0 Å². The zero-order valence-electron chi connectivity index (χ0n) is 12.8. The molecule has 1 aromatic rings. The van der Waals surface area contributed by atoms with Gasteiger partial charge in [-0.1, -0.05) is 6.42 Å². The van der Waals surface area contributed by atoms with Crippen molar-refractivity contribution in [1.29, 1.82) is 0 Å². The summed E-state index contributed by atoms with van der Waals surface area (Å²) in [6.45, 7) is 0.725. The van der Waals surface area contributed by atoms with E-state index in [0.29, 0.717) is 29.9 Å². The summed E-state index contributed by atoms with van der Waals surface area (Å²) < 4.78 is 24.2. The first-order valence-corrected chi connectivity index (χ1v) is 7.67. The minimum Gasteiger partial charge on any atom is -0.467 e. The molecule has 2 aliphatic rings. The first-order chi connectivity index (χ1) is 10.6. The lowest BCUT2D eigenvalue weighted by atomic mass is 10.00. The molecule has 0 bridgehead atoms. The van der Waals surface area contributed by atoms with Gasteiger partial charge in [0.25, 0.3) is 0 Å². The van der Waals surface area contributed by atoms with Gasteiger partial charge in [0.1, 0.15) is 11.6 Å². The first kappa shape index (κ1) is 18.0. The Morgan fingerprint density at radius 1 is 1.39 bits per heavy atom. The number of nitrogens with two attached hydrogens (primary N) is 1.